The van der Waals surface area contributed by atoms with Crippen LogP contribution in [-0.4, -0.2) is 5.16 Å². The van der Waals surface area contributed by atoms with Crippen molar-refractivity contribution >= 4 is 11.6 Å². The van der Waals surface area contributed by atoms with E-state index in [-0.39, 0.29) is 5.82 Å². The molecule has 0 bridgehead atoms. The lowest BCUT2D eigenvalue weighted by molar-refractivity contribution is 0.382. The van der Waals surface area contributed by atoms with Crippen molar-refractivity contribution in [1.82, 2.24) is 5.16 Å². The van der Waals surface area contributed by atoms with Crippen molar-refractivity contribution < 1.29 is 8.91 Å². The summed E-state index contributed by atoms with van der Waals surface area (Å²) in [6.45, 7) is 2.02. The predicted octanol–water partition coefficient (Wildman–Crippen LogP) is 4.68. The maximum Gasteiger partial charge on any atom is 0.155 e. The molecule has 0 saturated heterocycles. The maximum atomic E-state index is 12.8. The van der Waals surface area contributed by atoms with Gasteiger partial charge in [0.15, 0.2) is 5.76 Å². The average Bonchev–Trinajstić information content (AvgIpc) is 2.73. The van der Waals surface area contributed by atoms with E-state index in [9.17, 15) is 4.39 Å². The van der Waals surface area contributed by atoms with Crippen molar-refractivity contribution in [2.75, 3.05) is 0 Å². The molecule has 1 heterocycles. The molecule has 0 amide bonds. The fourth-order valence-electron chi connectivity index (χ4n) is 1.72. The normalized spacial score (nSPS) is 10.8. The summed E-state index contributed by atoms with van der Waals surface area (Å²) in [4.78, 5) is 0. The Bertz CT molecular complexity index is 507. The van der Waals surface area contributed by atoms with E-state index in [1.807, 2.05) is 6.92 Å². The molecule has 0 aliphatic carbocycles. The third kappa shape index (κ3) is 2.91. The molecular weight excluding hydrogens is 253 g/mol. The quantitative estimate of drug-likeness (QED) is 0.735. The fraction of sp³-hybridized carbons (Fsp3) is 0.286. The number of aryl methyl sites for hydroxylation is 1. The van der Waals surface area contributed by atoms with Gasteiger partial charge in [-0.1, -0.05) is 30.1 Å². The lowest BCUT2D eigenvalue weighted by Gasteiger charge is -1.97. The first-order chi connectivity index (χ1) is 8.72. The smallest absolute Gasteiger partial charge is 0.155 e. The Morgan fingerprint density at radius 3 is 2.72 bits per heavy atom. The molecular formula is C14H14ClFNO. The second-order valence-corrected chi connectivity index (χ2v) is 4.45. The minimum Gasteiger partial charge on any atom is -0.359 e. The third-order valence-corrected chi connectivity index (χ3v) is 3.10. The van der Waals surface area contributed by atoms with Crippen LogP contribution in [0, 0.1) is 12.2 Å². The highest BCUT2D eigenvalue weighted by molar-refractivity contribution is 6.33. The summed E-state index contributed by atoms with van der Waals surface area (Å²) in [6, 6.07) is 6.05. The van der Waals surface area contributed by atoms with E-state index in [0.717, 1.165) is 24.8 Å². The van der Waals surface area contributed by atoms with Crippen LogP contribution in [0.4, 0.5) is 4.39 Å². The topological polar surface area (TPSA) is 26.0 Å². The van der Waals surface area contributed by atoms with Gasteiger partial charge in [-0.2, -0.15) is 0 Å². The number of unbranched alkanes of at least 4 members (excludes halogenated alkanes) is 2. The summed E-state index contributed by atoms with van der Waals surface area (Å²) < 4.78 is 18.1. The Hall–Kier alpha value is -1.35. The van der Waals surface area contributed by atoms with E-state index in [1.165, 1.54) is 12.1 Å². The summed E-state index contributed by atoms with van der Waals surface area (Å²) in [7, 11) is 0. The van der Waals surface area contributed by atoms with E-state index in [4.69, 9.17) is 16.1 Å². The van der Waals surface area contributed by atoms with E-state index in [1.54, 1.807) is 12.1 Å². The van der Waals surface area contributed by atoms with Gasteiger partial charge >= 0.3 is 0 Å². The van der Waals surface area contributed by atoms with Gasteiger partial charge in [0.1, 0.15) is 16.5 Å². The van der Waals surface area contributed by atoms with Crippen LogP contribution in [0.15, 0.2) is 28.8 Å². The zero-order chi connectivity index (χ0) is 13.0. The molecule has 2 nitrogen and oxygen atoms in total. The number of benzene rings is 1. The summed E-state index contributed by atoms with van der Waals surface area (Å²) in [5.74, 6) is 0.412. The second-order valence-electron chi connectivity index (χ2n) is 4.08. The maximum absolute atomic E-state index is 12.8. The number of aromatic nitrogens is 1. The molecule has 2 aromatic rings. The average molecular weight is 267 g/mol. The van der Waals surface area contributed by atoms with E-state index in [0.29, 0.717) is 16.5 Å². The summed E-state index contributed by atoms with van der Waals surface area (Å²) in [5, 5.41) is 4.48. The molecule has 95 valence electrons. The van der Waals surface area contributed by atoms with Crippen LogP contribution in [0.5, 0.6) is 0 Å². The monoisotopic (exact) mass is 266 g/mol. The standard InChI is InChI=1S/C14H14ClFNO/c1-2-3-4-5-12-13(15)14(17-18-12)10-6-8-11(16)9-7-10/h2,6-9H,3-5H2,1H3. The Morgan fingerprint density at radius 2 is 2.06 bits per heavy atom. The van der Waals surface area contributed by atoms with Gasteiger partial charge in [-0.15, -0.1) is 0 Å². The lowest BCUT2D eigenvalue weighted by Crippen LogP contribution is -1.84. The SMILES string of the molecule is C[CH]CCCc1onc(-c2ccc(F)cc2)c1Cl. The molecule has 1 aromatic heterocycles. The Labute approximate surface area is 111 Å². The van der Waals surface area contributed by atoms with Crippen molar-refractivity contribution in [2.24, 2.45) is 0 Å². The van der Waals surface area contributed by atoms with Crippen LogP contribution < -0.4 is 0 Å². The molecule has 0 fully saturated rings. The first-order valence-corrected chi connectivity index (χ1v) is 6.28. The molecule has 18 heavy (non-hydrogen) atoms. The lowest BCUT2D eigenvalue weighted by atomic mass is 10.1. The molecule has 0 aliphatic heterocycles. The molecule has 2 rings (SSSR count). The van der Waals surface area contributed by atoms with Gasteiger partial charge in [0.25, 0.3) is 0 Å². The van der Waals surface area contributed by atoms with Crippen LogP contribution in [0.2, 0.25) is 5.02 Å². The first-order valence-electron chi connectivity index (χ1n) is 5.90. The zero-order valence-corrected chi connectivity index (χ0v) is 10.9. The Kier molecular flexibility index (Phi) is 4.37. The minimum atomic E-state index is -0.280. The van der Waals surface area contributed by atoms with Crippen molar-refractivity contribution in [3.05, 3.63) is 47.3 Å². The Morgan fingerprint density at radius 1 is 1.33 bits per heavy atom. The molecule has 0 spiro atoms. The first kappa shape index (κ1) is 13.1. The van der Waals surface area contributed by atoms with Crippen LogP contribution in [-0.2, 0) is 6.42 Å². The van der Waals surface area contributed by atoms with Crippen molar-refractivity contribution in [1.29, 1.82) is 0 Å². The summed E-state index contributed by atoms with van der Waals surface area (Å²) in [6.07, 6.45) is 4.86. The third-order valence-electron chi connectivity index (χ3n) is 2.71. The predicted molar refractivity (Wildman–Crippen MR) is 69.8 cm³/mol. The molecule has 4 heteroatoms. The highest BCUT2D eigenvalue weighted by Gasteiger charge is 2.15. The van der Waals surface area contributed by atoms with Crippen LogP contribution in [0.3, 0.4) is 0 Å². The number of hydrogen-bond donors (Lipinski definition) is 0. The molecule has 1 radical (unpaired) electrons. The summed E-state index contributed by atoms with van der Waals surface area (Å²) >= 11 is 6.22. The van der Waals surface area contributed by atoms with Crippen LogP contribution in [0.1, 0.15) is 25.5 Å². The highest BCUT2D eigenvalue weighted by atomic mass is 35.5. The molecule has 0 aliphatic rings. The molecule has 0 N–H and O–H groups in total. The van der Waals surface area contributed by atoms with Gasteiger partial charge in [0, 0.05) is 12.0 Å². The molecule has 0 unspecified atom stereocenters. The number of hydrogen-bond acceptors (Lipinski definition) is 2. The highest BCUT2D eigenvalue weighted by Crippen LogP contribution is 2.30. The van der Waals surface area contributed by atoms with Gasteiger partial charge in [-0.3, -0.25) is 0 Å². The van der Waals surface area contributed by atoms with Gasteiger partial charge in [-0.05, 0) is 37.1 Å². The fourth-order valence-corrected chi connectivity index (χ4v) is 1.99. The van der Waals surface area contributed by atoms with Gasteiger partial charge in [-0.25, -0.2) is 4.39 Å². The van der Waals surface area contributed by atoms with Gasteiger partial charge < -0.3 is 4.52 Å². The van der Waals surface area contributed by atoms with Crippen LogP contribution >= 0.6 is 11.6 Å². The van der Waals surface area contributed by atoms with Gasteiger partial charge in [0.2, 0.25) is 0 Å². The number of halogens is 2. The number of rotatable bonds is 5. The number of nitrogens with zero attached hydrogens (tertiary/aromatic N) is 1. The Balaban J connectivity index is 2.17. The van der Waals surface area contributed by atoms with Crippen LogP contribution in [0.25, 0.3) is 11.3 Å². The molecule has 1 aromatic carbocycles. The van der Waals surface area contributed by atoms with E-state index < -0.39 is 0 Å². The van der Waals surface area contributed by atoms with E-state index in [2.05, 4.69) is 11.6 Å². The molecule has 0 atom stereocenters. The van der Waals surface area contributed by atoms with Crippen molar-refractivity contribution in [2.45, 2.75) is 26.2 Å². The largest absolute Gasteiger partial charge is 0.359 e. The van der Waals surface area contributed by atoms with Crippen molar-refractivity contribution in [3.8, 4) is 11.3 Å². The second kappa shape index (κ2) is 6.01. The zero-order valence-electron chi connectivity index (χ0n) is 10.1. The molecule has 0 saturated carbocycles. The summed E-state index contributed by atoms with van der Waals surface area (Å²) in [5.41, 5.74) is 1.34. The van der Waals surface area contributed by atoms with Gasteiger partial charge in [0.05, 0.1) is 0 Å². The minimum absolute atomic E-state index is 0.280. The van der Waals surface area contributed by atoms with E-state index >= 15 is 0 Å². The van der Waals surface area contributed by atoms with Crippen molar-refractivity contribution in [3.63, 3.8) is 0 Å².